The molecule has 2 heterocycles. The van der Waals surface area contributed by atoms with Gasteiger partial charge >= 0.3 is 6.18 Å². The number of hydrogen-bond acceptors (Lipinski definition) is 6. The molecule has 1 saturated heterocycles. The molecule has 0 spiro atoms. The van der Waals surface area contributed by atoms with Gasteiger partial charge in [-0.3, -0.25) is 10.1 Å². The van der Waals surface area contributed by atoms with Gasteiger partial charge in [-0.1, -0.05) is 5.16 Å². The molecule has 27 heavy (non-hydrogen) atoms. The van der Waals surface area contributed by atoms with Gasteiger partial charge in [0.05, 0.1) is 10.5 Å². The normalized spacial score (nSPS) is 18.7. The first-order valence-electron chi connectivity index (χ1n) is 8.77. The summed E-state index contributed by atoms with van der Waals surface area (Å²) >= 11 is 0. The van der Waals surface area contributed by atoms with Gasteiger partial charge in [-0.2, -0.15) is 18.2 Å². The number of nitro groups is 1. The minimum Gasteiger partial charge on any atom is -0.366 e. The van der Waals surface area contributed by atoms with Crippen LogP contribution in [0, 0.1) is 10.1 Å². The van der Waals surface area contributed by atoms with Crippen LogP contribution in [0.15, 0.2) is 22.7 Å². The van der Waals surface area contributed by atoms with E-state index in [0.29, 0.717) is 49.6 Å². The first-order chi connectivity index (χ1) is 12.8. The minimum absolute atomic E-state index is 0.0889. The minimum atomic E-state index is -4.62. The lowest BCUT2D eigenvalue weighted by atomic mass is 9.95. The van der Waals surface area contributed by atoms with Crippen molar-refractivity contribution < 1.29 is 22.6 Å². The maximum atomic E-state index is 12.8. The Bertz CT molecular complexity index is 855. The van der Waals surface area contributed by atoms with Crippen molar-refractivity contribution in [1.82, 2.24) is 10.1 Å². The molecule has 2 aliphatic rings. The SMILES string of the molecule is O=[N+]([O-])c1cc(C(F)(F)F)ccc1N1CCC(c2noc(C3CC3)n2)CC1. The number of nitro benzene ring substituents is 1. The van der Waals surface area contributed by atoms with Gasteiger partial charge in [0.1, 0.15) is 5.69 Å². The third-order valence-electron chi connectivity index (χ3n) is 5.08. The highest BCUT2D eigenvalue weighted by atomic mass is 19.4. The molecule has 1 aromatic heterocycles. The summed E-state index contributed by atoms with van der Waals surface area (Å²) in [6, 6.07) is 2.67. The smallest absolute Gasteiger partial charge is 0.366 e. The molecule has 1 aliphatic carbocycles. The van der Waals surface area contributed by atoms with Crippen LogP contribution in [0.4, 0.5) is 24.5 Å². The number of rotatable bonds is 4. The molecule has 1 aliphatic heterocycles. The van der Waals surface area contributed by atoms with Gasteiger partial charge in [-0.15, -0.1) is 0 Å². The lowest BCUT2D eigenvalue weighted by Crippen LogP contribution is -2.33. The summed E-state index contributed by atoms with van der Waals surface area (Å²) in [6.45, 7) is 0.953. The van der Waals surface area contributed by atoms with Crippen LogP contribution in [-0.2, 0) is 6.18 Å². The molecule has 2 aromatic rings. The van der Waals surface area contributed by atoms with Crippen molar-refractivity contribution in [1.29, 1.82) is 0 Å². The lowest BCUT2D eigenvalue weighted by molar-refractivity contribution is -0.384. The van der Waals surface area contributed by atoms with E-state index in [1.807, 2.05) is 0 Å². The molecule has 0 bridgehead atoms. The summed E-state index contributed by atoms with van der Waals surface area (Å²) in [5.74, 6) is 1.79. The van der Waals surface area contributed by atoms with Crippen LogP contribution in [-0.4, -0.2) is 28.2 Å². The van der Waals surface area contributed by atoms with Gasteiger partial charge in [0, 0.05) is 31.0 Å². The van der Waals surface area contributed by atoms with E-state index in [-0.39, 0.29) is 11.6 Å². The fraction of sp³-hybridized carbons (Fsp3) is 0.529. The maximum Gasteiger partial charge on any atom is 0.416 e. The number of alkyl halides is 3. The Morgan fingerprint density at radius 3 is 2.44 bits per heavy atom. The number of piperidine rings is 1. The number of hydrogen-bond donors (Lipinski definition) is 0. The number of halogens is 3. The van der Waals surface area contributed by atoms with Gasteiger partial charge in [0.25, 0.3) is 5.69 Å². The zero-order chi connectivity index (χ0) is 19.2. The van der Waals surface area contributed by atoms with Crippen molar-refractivity contribution in [3.05, 3.63) is 45.6 Å². The van der Waals surface area contributed by atoms with Crippen molar-refractivity contribution in [3.63, 3.8) is 0 Å². The topological polar surface area (TPSA) is 85.3 Å². The first kappa shape index (κ1) is 17.7. The van der Waals surface area contributed by atoms with E-state index in [2.05, 4.69) is 10.1 Å². The Morgan fingerprint density at radius 1 is 1.15 bits per heavy atom. The molecule has 0 N–H and O–H groups in total. The molecule has 4 rings (SSSR count). The molecule has 0 amide bonds. The Morgan fingerprint density at radius 2 is 1.85 bits per heavy atom. The molecule has 1 saturated carbocycles. The molecular formula is C17H17F3N4O3. The van der Waals surface area contributed by atoms with Crippen molar-refractivity contribution >= 4 is 11.4 Å². The third-order valence-corrected chi connectivity index (χ3v) is 5.08. The lowest BCUT2D eigenvalue weighted by Gasteiger charge is -2.32. The summed E-state index contributed by atoms with van der Waals surface area (Å²) in [5.41, 5.74) is -1.34. The third kappa shape index (κ3) is 3.60. The Hall–Kier alpha value is -2.65. The zero-order valence-electron chi connectivity index (χ0n) is 14.3. The van der Waals surface area contributed by atoms with E-state index in [9.17, 15) is 23.3 Å². The summed E-state index contributed by atoms with van der Waals surface area (Å²) in [4.78, 5) is 16.7. The molecule has 2 fully saturated rings. The second-order valence-electron chi connectivity index (χ2n) is 6.98. The molecule has 0 radical (unpaired) electrons. The average Bonchev–Trinajstić information content (AvgIpc) is 3.37. The van der Waals surface area contributed by atoms with E-state index >= 15 is 0 Å². The van der Waals surface area contributed by atoms with Gasteiger partial charge < -0.3 is 9.42 Å². The summed E-state index contributed by atoms with van der Waals surface area (Å²) in [5, 5.41) is 15.3. The van der Waals surface area contributed by atoms with E-state index in [1.54, 1.807) is 4.90 Å². The number of aromatic nitrogens is 2. The predicted molar refractivity (Wildman–Crippen MR) is 88.6 cm³/mol. The summed E-state index contributed by atoms with van der Waals surface area (Å²) < 4.78 is 43.8. The van der Waals surface area contributed by atoms with Crippen LogP contribution in [0.3, 0.4) is 0 Å². The number of nitrogens with zero attached hydrogens (tertiary/aromatic N) is 4. The fourth-order valence-corrected chi connectivity index (χ4v) is 3.40. The van der Waals surface area contributed by atoms with Crippen LogP contribution < -0.4 is 4.90 Å². The zero-order valence-corrected chi connectivity index (χ0v) is 14.3. The molecule has 1 aromatic carbocycles. The van der Waals surface area contributed by atoms with E-state index in [0.717, 1.165) is 18.9 Å². The van der Waals surface area contributed by atoms with Crippen LogP contribution in [0.2, 0.25) is 0 Å². The Balaban J connectivity index is 1.49. The molecule has 7 nitrogen and oxygen atoms in total. The molecule has 0 unspecified atom stereocenters. The van der Waals surface area contributed by atoms with Crippen LogP contribution in [0.25, 0.3) is 0 Å². The highest BCUT2D eigenvalue weighted by molar-refractivity contribution is 5.65. The van der Waals surface area contributed by atoms with Gasteiger partial charge in [-0.05, 0) is 37.8 Å². The van der Waals surface area contributed by atoms with Gasteiger partial charge in [0.2, 0.25) is 5.89 Å². The Kier molecular flexibility index (Phi) is 4.27. The molecule has 144 valence electrons. The highest BCUT2D eigenvalue weighted by Crippen LogP contribution is 2.41. The predicted octanol–water partition coefficient (Wildman–Crippen LogP) is 4.26. The molecular weight excluding hydrogens is 365 g/mol. The second-order valence-corrected chi connectivity index (χ2v) is 6.98. The number of benzene rings is 1. The van der Waals surface area contributed by atoms with Crippen molar-refractivity contribution in [2.24, 2.45) is 0 Å². The summed E-state index contributed by atoms with van der Waals surface area (Å²) in [7, 11) is 0. The van der Waals surface area contributed by atoms with Gasteiger partial charge in [0.15, 0.2) is 5.82 Å². The van der Waals surface area contributed by atoms with Crippen LogP contribution >= 0.6 is 0 Å². The monoisotopic (exact) mass is 382 g/mol. The summed E-state index contributed by atoms with van der Waals surface area (Å²) in [6.07, 6.45) is -1.17. The quantitative estimate of drug-likeness (QED) is 0.580. The largest absolute Gasteiger partial charge is 0.416 e. The first-order valence-corrected chi connectivity index (χ1v) is 8.77. The average molecular weight is 382 g/mol. The highest BCUT2D eigenvalue weighted by Gasteiger charge is 2.35. The van der Waals surface area contributed by atoms with Crippen molar-refractivity contribution in [2.75, 3.05) is 18.0 Å². The standard InChI is InChI=1S/C17H17F3N4O3/c18-17(19,20)12-3-4-13(14(9-12)24(25)26)23-7-5-10(6-8-23)15-21-16(27-22-15)11-1-2-11/h3-4,9-11H,1-2,5-8H2. The van der Waals surface area contributed by atoms with Gasteiger partial charge in [-0.25, -0.2) is 0 Å². The van der Waals surface area contributed by atoms with Crippen LogP contribution in [0.5, 0.6) is 0 Å². The van der Waals surface area contributed by atoms with Crippen LogP contribution in [0.1, 0.15) is 54.8 Å². The molecule has 10 heteroatoms. The fourth-order valence-electron chi connectivity index (χ4n) is 3.40. The molecule has 0 atom stereocenters. The van der Waals surface area contributed by atoms with E-state index in [1.165, 1.54) is 6.07 Å². The van der Waals surface area contributed by atoms with E-state index < -0.39 is 22.4 Å². The maximum absolute atomic E-state index is 12.8. The van der Waals surface area contributed by atoms with E-state index in [4.69, 9.17) is 4.52 Å². The van der Waals surface area contributed by atoms with Crippen molar-refractivity contribution in [3.8, 4) is 0 Å². The second kappa shape index (κ2) is 6.50. The number of anilines is 1. The Labute approximate surface area is 152 Å². The van der Waals surface area contributed by atoms with Crippen molar-refractivity contribution in [2.45, 2.75) is 43.7 Å².